The number of benzene rings is 2. The van der Waals surface area contributed by atoms with E-state index in [2.05, 4.69) is 15.9 Å². The van der Waals surface area contributed by atoms with Crippen LogP contribution in [0.4, 0.5) is 8.78 Å². The highest BCUT2D eigenvalue weighted by molar-refractivity contribution is 9.10. The normalized spacial score (nSPS) is 12.5. The Bertz CT molecular complexity index is 582. The number of aliphatic hydroxyl groups is 1. The van der Waals surface area contributed by atoms with Crippen LogP contribution in [0.25, 0.3) is 0 Å². The molecule has 0 aromatic heterocycles. The first kappa shape index (κ1) is 14.2. The van der Waals surface area contributed by atoms with Gasteiger partial charge in [-0.25, -0.2) is 8.78 Å². The summed E-state index contributed by atoms with van der Waals surface area (Å²) >= 11 is 3.16. The van der Waals surface area contributed by atoms with Crippen LogP contribution in [0, 0.1) is 25.5 Å². The monoisotopic (exact) mass is 326 g/mol. The van der Waals surface area contributed by atoms with Gasteiger partial charge in [-0.15, -0.1) is 0 Å². The van der Waals surface area contributed by atoms with Gasteiger partial charge in [0.15, 0.2) is 0 Å². The van der Waals surface area contributed by atoms with E-state index in [4.69, 9.17) is 0 Å². The van der Waals surface area contributed by atoms with Crippen molar-refractivity contribution in [1.82, 2.24) is 0 Å². The minimum atomic E-state index is -1.19. The van der Waals surface area contributed by atoms with E-state index < -0.39 is 17.7 Å². The number of hydrogen-bond donors (Lipinski definition) is 1. The molecule has 0 aliphatic heterocycles. The highest BCUT2D eigenvalue weighted by Gasteiger charge is 2.19. The van der Waals surface area contributed by atoms with E-state index in [1.807, 2.05) is 0 Å². The lowest BCUT2D eigenvalue weighted by atomic mass is 9.95. The van der Waals surface area contributed by atoms with Crippen LogP contribution in [-0.4, -0.2) is 5.11 Å². The lowest BCUT2D eigenvalue weighted by Gasteiger charge is -2.16. The van der Waals surface area contributed by atoms with Crippen LogP contribution in [0.15, 0.2) is 34.8 Å². The molecule has 0 spiro atoms. The zero-order valence-corrected chi connectivity index (χ0v) is 12.1. The van der Waals surface area contributed by atoms with E-state index in [-0.39, 0.29) is 5.56 Å². The molecule has 0 bridgehead atoms. The molecule has 0 aliphatic carbocycles. The van der Waals surface area contributed by atoms with Crippen LogP contribution in [0.2, 0.25) is 0 Å². The van der Waals surface area contributed by atoms with Gasteiger partial charge < -0.3 is 5.11 Å². The highest BCUT2D eigenvalue weighted by atomic mass is 79.9. The molecular weight excluding hydrogens is 314 g/mol. The van der Waals surface area contributed by atoms with Crippen molar-refractivity contribution >= 4 is 15.9 Å². The zero-order valence-electron chi connectivity index (χ0n) is 10.5. The second kappa shape index (κ2) is 5.39. The summed E-state index contributed by atoms with van der Waals surface area (Å²) in [5, 5.41) is 10.3. The van der Waals surface area contributed by atoms with Crippen LogP contribution >= 0.6 is 15.9 Å². The van der Waals surface area contributed by atoms with Crippen LogP contribution < -0.4 is 0 Å². The molecule has 4 heteroatoms. The van der Waals surface area contributed by atoms with E-state index in [9.17, 15) is 13.9 Å². The Morgan fingerprint density at radius 1 is 1.05 bits per heavy atom. The van der Waals surface area contributed by atoms with Gasteiger partial charge in [0.1, 0.15) is 17.7 Å². The number of aryl methyl sites for hydroxylation is 2. The molecule has 1 nitrogen and oxygen atoms in total. The molecule has 100 valence electrons. The predicted molar refractivity (Wildman–Crippen MR) is 74.0 cm³/mol. The van der Waals surface area contributed by atoms with Gasteiger partial charge >= 0.3 is 0 Å². The summed E-state index contributed by atoms with van der Waals surface area (Å²) in [5.41, 5.74) is 1.93. The smallest absolute Gasteiger partial charge is 0.129 e. The molecule has 2 rings (SSSR count). The molecule has 2 aromatic carbocycles. The zero-order chi connectivity index (χ0) is 14.2. The van der Waals surface area contributed by atoms with Crippen molar-refractivity contribution in [2.24, 2.45) is 0 Å². The molecule has 1 N–H and O–H groups in total. The summed E-state index contributed by atoms with van der Waals surface area (Å²) in [6.07, 6.45) is -1.19. The third-order valence-corrected chi connectivity index (χ3v) is 3.41. The fraction of sp³-hybridized carbons (Fsp3) is 0.200. The van der Waals surface area contributed by atoms with Gasteiger partial charge in [0.25, 0.3) is 0 Å². The Hall–Kier alpha value is -1.26. The average Bonchev–Trinajstić information content (AvgIpc) is 2.25. The topological polar surface area (TPSA) is 20.2 Å². The number of rotatable bonds is 2. The van der Waals surface area contributed by atoms with Crippen molar-refractivity contribution < 1.29 is 13.9 Å². The molecule has 0 radical (unpaired) electrons. The quantitative estimate of drug-likeness (QED) is 0.865. The Morgan fingerprint density at radius 2 is 1.74 bits per heavy atom. The summed E-state index contributed by atoms with van der Waals surface area (Å²) in [6.45, 7) is 3.51. The fourth-order valence-electron chi connectivity index (χ4n) is 2.17. The third-order valence-electron chi connectivity index (χ3n) is 2.95. The molecule has 0 fully saturated rings. The summed E-state index contributed by atoms with van der Waals surface area (Å²) in [6, 6.07) is 7.21. The molecular formula is C15H13BrF2O. The lowest BCUT2D eigenvalue weighted by Crippen LogP contribution is -2.06. The largest absolute Gasteiger partial charge is 0.384 e. The van der Waals surface area contributed by atoms with E-state index in [0.717, 1.165) is 5.56 Å². The maximum Gasteiger partial charge on any atom is 0.129 e. The first-order valence-electron chi connectivity index (χ1n) is 5.79. The van der Waals surface area contributed by atoms with Crippen LogP contribution in [0.5, 0.6) is 0 Å². The van der Waals surface area contributed by atoms with E-state index >= 15 is 0 Å². The van der Waals surface area contributed by atoms with E-state index in [1.165, 1.54) is 18.2 Å². The summed E-state index contributed by atoms with van der Waals surface area (Å²) in [7, 11) is 0. The van der Waals surface area contributed by atoms with Gasteiger partial charge in [0.2, 0.25) is 0 Å². The van der Waals surface area contributed by atoms with Crippen LogP contribution in [0.1, 0.15) is 28.4 Å². The van der Waals surface area contributed by atoms with E-state index in [0.29, 0.717) is 15.6 Å². The Labute approximate surface area is 119 Å². The van der Waals surface area contributed by atoms with Gasteiger partial charge in [-0.1, -0.05) is 22.0 Å². The van der Waals surface area contributed by atoms with Gasteiger partial charge in [0.05, 0.1) is 0 Å². The molecule has 0 heterocycles. The van der Waals surface area contributed by atoms with Crippen molar-refractivity contribution in [2.45, 2.75) is 20.0 Å². The molecule has 0 amide bonds. The number of halogens is 3. The van der Waals surface area contributed by atoms with Gasteiger partial charge in [-0.3, -0.25) is 0 Å². The maximum absolute atomic E-state index is 14.0. The molecule has 1 atom stereocenters. The van der Waals surface area contributed by atoms with Crippen molar-refractivity contribution in [3.63, 3.8) is 0 Å². The van der Waals surface area contributed by atoms with Crippen molar-refractivity contribution in [3.8, 4) is 0 Å². The summed E-state index contributed by atoms with van der Waals surface area (Å²) in [5.74, 6) is -0.959. The first-order chi connectivity index (χ1) is 8.88. The standard InChI is InChI=1S/C15H13BrF2O/c1-8-3-9(2)14(13(18)4-8)15(19)10-5-11(16)7-12(17)6-10/h3-7,15,19H,1-2H3. The van der Waals surface area contributed by atoms with Crippen LogP contribution in [-0.2, 0) is 0 Å². The molecule has 0 saturated heterocycles. The lowest BCUT2D eigenvalue weighted by molar-refractivity contribution is 0.213. The minimum absolute atomic E-state index is 0.183. The van der Waals surface area contributed by atoms with E-state index in [1.54, 1.807) is 26.0 Å². The Kier molecular flexibility index (Phi) is 4.02. The SMILES string of the molecule is Cc1cc(C)c(C(O)c2cc(F)cc(Br)c2)c(F)c1. The van der Waals surface area contributed by atoms with Crippen LogP contribution in [0.3, 0.4) is 0 Å². The van der Waals surface area contributed by atoms with Gasteiger partial charge in [-0.05, 0) is 54.8 Å². The molecule has 2 aromatic rings. The predicted octanol–water partition coefficient (Wildman–Crippen LogP) is 4.43. The molecule has 0 aliphatic rings. The van der Waals surface area contributed by atoms with Crippen molar-refractivity contribution in [3.05, 3.63) is 68.7 Å². The number of aliphatic hydroxyl groups excluding tert-OH is 1. The first-order valence-corrected chi connectivity index (χ1v) is 6.58. The molecule has 1 unspecified atom stereocenters. The summed E-state index contributed by atoms with van der Waals surface area (Å²) in [4.78, 5) is 0. The second-order valence-corrected chi connectivity index (χ2v) is 5.50. The number of hydrogen-bond acceptors (Lipinski definition) is 1. The van der Waals surface area contributed by atoms with Gasteiger partial charge in [0, 0.05) is 10.0 Å². The molecule has 0 saturated carbocycles. The fourth-order valence-corrected chi connectivity index (χ4v) is 2.66. The second-order valence-electron chi connectivity index (χ2n) is 4.58. The summed E-state index contributed by atoms with van der Waals surface area (Å²) < 4.78 is 27.8. The highest BCUT2D eigenvalue weighted by Crippen LogP contribution is 2.30. The minimum Gasteiger partial charge on any atom is -0.384 e. The Morgan fingerprint density at radius 3 is 2.32 bits per heavy atom. The van der Waals surface area contributed by atoms with Crippen molar-refractivity contribution in [2.75, 3.05) is 0 Å². The third kappa shape index (κ3) is 3.01. The van der Waals surface area contributed by atoms with Crippen molar-refractivity contribution in [1.29, 1.82) is 0 Å². The maximum atomic E-state index is 14.0. The Balaban J connectivity index is 2.52. The molecule has 19 heavy (non-hydrogen) atoms. The van der Waals surface area contributed by atoms with Gasteiger partial charge in [-0.2, -0.15) is 0 Å². The average molecular weight is 327 g/mol.